The zero-order valence-corrected chi connectivity index (χ0v) is 14.5. The van der Waals surface area contributed by atoms with Gasteiger partial charge in [0.15, 0.2) is 0 Å². The number of carbonyl (C=O) groups excluding carboxylic acids is 1. The molecule has 0 spiro atoms. The molecule has 0 saturated heterocycles. The summed E-state index contributed by atoms with van der Waals surface area (Å²) in [5.74, 6) is 0.764. The summed E-state index contributed by atoms with van der Waals surface area (Å²) >= 11 is 1.62. The van der Waals surface area contributed by atoms with E-state index in [4.69, 9.17) is 4.42 Å². The van der Waals surface area contributed by atoms with Crippen LogP contribution in [0.3, 0.4) is 0 Å². The van der Waals surface area contributed by atoms with E-state index in [2.05, 4.69) is 15.7 Å². The molecule has 3 aromatic heterocycles. The summed E-state index contributed by atoms with van der Waals surface area (Å²) in [5, 5.41) is 12.3. The molecule has 0 aliphatic rings. The average Bonchev–Trinajstić information content (AvgIpc) is 3.29. The number of furan rings is 1. The fraction of sp³-hybridized carbons (Fsp3) is 0.294. The minimum atomic E-state index is -0.207. The Morgan fingerprint density at radius 1 is 1.33 bits per heavy atom. The third kappa shape index (κ3) is 3.86. The number of urea groups is 1. The van der Waals surface area contributed by atoms with Gasteiger partial charge in [0.25, 0.3) is 0 Å². The van der Waals surface area contributed by atoms with Crippen molar-refractivity contribution in [3.05, 3.63) is 64.0 Å². The van der Waals surface area contributed by atoms with Crippen LogP contribution in [0, 0.1) is 13.8 Å². The molecule has 0 radical (unpaired) electrons. The number of hydrogen-bond donors (Lipinski definition) is 2. The Kier molecular flexibility index (Phi) is 5.00. The van der Waals surface area contributed by atoms with Crippen LogP contribution in [-0.4, -0.2) is 22.4 Å². The molecule has 2 N–H and O–H groups in total. The lowest BCUT2D eigenvalue weighted by Gasteiger charge is -2.18. The van der Waals surface area contributed by atoms with Crippen molar-refractivity contribution in [1.29, 1.82) is 0 Å². The number of thiophene rings is 1. The first kappa shape index (κ1) is 16.3. The molecule has 1 atom stereocenters. The molecule has 24 heavy (non-hydrogen) atoms. The van der Waals surface area contributed by atoms with Crippen LogP contribution in [0.2, 0.25) is 0 Å². The van der Waals surface area contributed by atoms with Crippen molar-refractivity contribution >= 4 is 17.4 Å². The molecular formula is C17H20N4O2S. The first-order valence-corrected chi connectivity index (χ1v) is 8.61. The smallest absolute Gasteiger partial charge is 0.315 e. The highest BCUT2D eigenvalue weighted by Crippen LogP contribution is 2.20. The van der Waals surface area contributed by atoms with Gasteiger partial charge in [-0.2, -0.15) is 5.10 Å². The molecule has 0 saturated carbocycles. The quantitative estimate of drug-likeness (QED) is 0.721. The SMILES string of the molecule is Cc1cc(C)n([C@H](CNC(=O)NCc2cccs2)c2ccco2)n1. The lowest BCUT2D eigenvalue weighted by Crippen LogP contribution is -2.38. The second-order valence-electron chi connectivity index (χ2n) is 5.55. The molecule has 7 heteroatoms. The maximum absolute atomic E-state index is 12.1. The Balaban J connectivity index is 1.64. The average molecular weight is 344 g/mol. The van der Waals surface area contributed by atoms with Gasteiger partial charge in [0.05, 0.1) is 18.5 Å². The molecule has 3 aromatic rings. The summed E-state index contributed by atoms with van der Waals surface area (Å²) in [4.78, 5) is 13.2. The van der Waals surface area contributed by atoms with Gasteiger partial charge in [-0.1, -0.05) is 6.07 Å². The van der Waals surface area contributed by atoms with Crippen molar-refractivity contribution in [3.63, 3.8) is 0 Å². The lowest BCUT2D eigenvalue weighted by atomic mass is 10.2. The summed E-state index contributed by atoms with van der Waals surface area (Å²) in [7, 11) is 0. The van der Waals surface area contributed by atoms with Crippen LogP contribution in [0.4, 0.5) is 4.79 Å². The maximum Gasteiger partial charge on any atom is 0.315 e. The molecule has 0 aliphatic heterocycles. The van der Waals surface area contributed by atoms with Gasteiger partial charge in [-0.15, -0.1) is 11.3 Å². The Morgan fingerprint density at radius 2 is 2.21 bits per heavy atom. The van der Waals surface area contributed by atoms with Gasteiger partial charge in [0.1, 0.15) is 11.8 Å². The van der Waals surface area contributed by atoms with E-state index in [1.54, 1.807) is 17.6 Å². The standard InChI is InChI=1S/C17H20N4O2S/c1-12-9-13(2)21(20-12)15(16-6-3-7-23-16)11-19-17(22)18-10-14-5-4-8-24-14/h3-9,15H,10-11H2,1-2H3,(H2,18,19,22)/t15-/m1/s1. The molecule has 0 unspecified atom stereocenters. The van der Waals surface area contributed by atoms with Gasteiger partial charge < -0.3 is 15.1 Å². The molecule has 6 nitrogen and oxygen atoms in total. The number of aryl methyl sites for hydroxylation is 2. The van der Waals surface area contributed by atoms with Gasteiger partial charge in [-0.05, 0) is 43.5 Å². The minimum absolute atomic E-state index is 0.179. The Labute approximate surface area is 144 Å². The normalized spacial score (nSPS) is 12.1. The van der Waals surface area contributed by atoms with Crippen LogP contribution in [0.15, 0.2) is 46.4 Å². The molecule has 0 aromatic carbocycles. The van der Waals surface area contributed by atoms with E-state index in [-0.39, 0.29) is 12.1 Å². The van der Waals surface area contributed by atoms with Crippen LogP contribution in [0.1, 0.15) is 28.1 Å². The second-order valence-corrected chi connectivity index (χ2v) is 6.58. The van der Waals surface area contributed by atoms with E-state index in [1.165, 1.54) is 0 Å². The van der Waals surface area contributed by atoms with Crippen molar-refractivity contribution in [3.8, 4) is 0 Å². The number of amides is 2. The Bertz CT molecular complexity index is 778. The largest absolute Gasteiger partial charge is 0.467 e. The van der Waals surface area contributed by atoms with Gasteiger partial charge in [0, 0.05) is 17.1 Å². The highest BCUT2D eigenvalue weighted by molar-refractivity contribution is 7.09. The molecule has 0 fully saturated rings. The fourth-order valence-corrected chi connectivity index (χ4v) is 3.23. The van der Waals surface area contributed by atoms with Crippen LogP contribution in [0.5, 0.6) is 0 Å². The molecule has 3 rings (SSSR count). The fourth-order valence-electron chi connectivity index (χ4n) is 2.58. The summed E-state index contributed by atoms with van der Waals surface area (Å²) in [5.41, 5.74) is 1.96. The monoisotopic (exact) mass is 344 g/mol. The highest BCUT2D eigenvalue weighted by atomic mass is 32.1. The third-order valence-electron chi connectivity index (χ3n) is 3.67. The molecule has 0 aliphatic carbocycles. The van der Waals surface area contributed by atoms with Crippen LogP contribution in [-0.2, 0) is 6.54 Å². The predicted molar refractivity (Wildman–Crippen MR) is 93.1 cm³/mol. The molecular weight excluding hydrogens is 324 g/mol. The van der Waals surface area contributed by atoms with E-state index in [9.17, 15) is 4.79 Å². The van der Waals surface area contributed by atoms with Gasteiger partial charge in [-0.3, -0.25) is 4.68 Å². The van der Waals surface area contributed by atoms with Crippen molar-refractivity contribution in [2.24, 2.45) is 0 Å². The van der Waals surface area contributed by atoms with Gasteiger partial charge in [0.2, 0.25) is 0 Å². The highest BCUT2D eigenvalue weighted by Gasteiger charge is 2.20. The zero-order valence-electron chi connectivity index (χ0n) is 13.7. The van der Waals surface area contributed by atoms with E-state index < -0.39 is 0 Å². The van der Waals surface area contributed by atoms with Crippen LogP contribution in [0.25, 0.3) is 0 Å². The summed E-state index contributed by atoms with van der Waals surface area (Å²) in [6.07, 6.45) is 1.63. The predicted octanol–water partition coefficient (Wildman–Crippen LogP) is 3.24. The van der Waals surface area contributed by atoms with Crippen molar-refractivity contribution in [2.75, 3.05) is 6.54 Å². The number of hydrogen-bond acceptors (Lipinski definition) is 4. The summed E-state index contributed by atoms with van der Waals surface area (Å²) in [6, 6.07) is 9.31. The maximum atomic E-state index is 12.1. The van der Waals surface area contributed by atoms with E-state index in [0.717, 1.165) is 22.0 Å². The molecule has 3 heterocycles. The lowest BCUT2D eigenvalue weighted by molar-refractivity contribution is 0.238. The zero-order chi connectivity index (χ0) is 16.9. The first-order valence-electron chi connectivity index (χ1n) is 7.73. The first-order chi connectivity index (χ1) is 11.6. The second kappa shape index (κ2) is 7.35. The number of aromatic nitrogens is 2. The Hall–Kier alpha value is -2.54. The number of rotatable bonds is 6. The van der Waals surface area contributed by atoms with Crippen molar-refractivity contribution in [1.82, 2.24) is 20.4 Å². The molecule has 0 bridgehead atoms. The number of nitrogens with one attached hydrogen (secondary N) is 2. The summed E-state index contributed by atoms with van der Waals surface area (Å²) < 4.78 is 7.42. The van der Waals surface area contributed by atoms with Crippen LogP contribution >= 0.6 is 11.3 Å². The number of nitrogens with zero attached hydrogens (tertiary/aromatic N) is 2. The Morgan fingerprint density at radius 3 is 2.83 bits per heavy atom. The van der Waals surface area contributed by atoms with E-state index in [1.807, 2.05) is 54.2 Å². The third-order valence-corrected chi connectivity index (χ3v) is 4.55. The van der Waals surface area contributed by atoms with Gasteiger partial charge in [-0.25, -0.2) is 4.79 Å². The van der Waals surface area contributed by atoms with Crippen molar-refractivity contribution in [2.45, 2.75) is 26.4 Å². The van der Waals surface area contributed by atoms with Crippen molar-refractivity contribution < 1.29 is 9.21 Å². The minimum Gasteiger partial charge on any atom is -0.467 e. The van der Waals surface area contributed by atoms with E-state index in [0.29, 0.717) is 13.1 Å². The van der Waals surface area contributed by atoms with Crippen LogP contribution < -0.4 is 10.6 Å². The number of carbonyl (C=O) groups is 1. The van der Waals surface area contributed by atoms with E-state index >= 15 is 0 Å². The summed E-state index contributed by atoms with van der Waals surface area (Å²) in [6.45, 7) is 4.86. The molecule has 126 valence electrons. The molecule has 2 amide bonds. The van der Waals surface area contributed by atoms with Gasteiger partial charge >= 0.3 is 6.03 Å². The topological polar surface area (TPSA) is 72.1 Å².